The Morgan fingerprint density at radius 2 is 1.39 bits per heavy atom. The Bertz CT molecular complexity index is 916. The molecule has 2 aliphatic rings. The van der Waals surface area contributed by atoms with Crippen LogP contribution in [0.25, 0.3) is 0 Å². The van der Waals surface area contributed by atoms with Crippen LogP contribution in [0.3, 0.4) is 0 Å². The second kappa shape index (κ2) is 11.7. The van der Waals surface area contributed by atoms with Gasteiger partial charge in [-0.2, -0.15) is 0 Å². The van der Waals surface area contributed by atoms with Crippen molar-refractivity contribution in [2.45, 2.75) is 67.5 Å². The standard InChI is InChI=1S/C21H29NO14/c1-22-6-9(34-21-15(28)11(24)13(26)17(36-21)19(31)32)7-3-2-4-8(5-7)33-20-14(27)10(23)12(25)16(35-20)18(29)30/h2-5,9-17,20-28H,6H2,1H3,(H,29,30)(H,31,32)/t9-,10-,11-,12-,13-,14+,15+,16-,17-,20+,21+/m0/s1. The highest BCUT2D eigenvalue weighted by molar-refractivity contribution is 5.73. The van der Waals surface area contributed by atoms with Gasteiger partial charge in [0.2, 0.25) is 6.29 Å². The van der Waals surface area contributed by atoms with Gasteiger partial charge in [-0.3, -0.25) is 0 Å². The van der Waals surface area contributed by atoms with E-state index in [-0.39, 0.29) is 12.3 Å². The van der Waals surface area contributed by atoms with Crippen LogP contribution in [0.1, 0.15) is 11.7 Å². The number of aliphatic carboxylic acids is 2. The zero-order chi connectivity index (χ0) is 26.7. The molecule has 0 radical (unpaired) electrons. The molecule has 3 rings (SSSR count). The summed E-state index contributed by atoms with van der Waals surface area (Å²) in [4.78, 5) is 22.6. The quantitative estimate of drug-likeness (QED) is 0.151. The zero-order valence-corrected chi connectivity index (χ0v) is 18.9. The first-order chi connectivity index (χ1) is 17.0. The van der Waals surface area contributed by atoms with Gasteiger partial charge in [0.1, 0.15) is 42.4 Å². The Hall–Kier alpha value is -2.44. The van der Waals surface area contributed by atoms with E-state index in [0.29, 0.717) is 5.56 Å². The van der Waals surface area contributed by atoms with Crippen molar-refractivity contribution in [3.05, 3.63) is 29.8 Å². The van der Waals surface area contributed by atoms with Crippen molar-refractivity contribution in [1.82, 2.24) is 5.32 Å². The minimum absolute atomic E-state index is 0.0398. The summed E-state index contributed by atoms with van der Waals surface area (Å²) in [5.41, 5.74) is 0.380. The van der Waals surface area contributed by atoms with Gasteiger partial charge in [0.05, 0.1) is 6.10 Å². The van der Waals surface area contributed by atoms with Gasteiger partial charge in [0.15, 0.2) is 18.5 Å². The maximum Gasteiger partial charge on any atom is 0.335 e. The van der Waals surface area contributed by atoms with E-state index in [1.54, 1.807) is 13.1 Å². The van der Waals surface area contributed by atoms with Crippen LogP contribution >= 0.6 is 0 Å². The number of carboxylic acid groups (broad SMARTS) is 2. The van der Waals surface area contributed by atoms with Crippen molar-refractivity contribution in [3.8, 4) is 5.75 Å². The molecule has 0 amide bonds. The Balaban J connectivity index is 1.78. The van der Waals surface area contributed by atoms with E-state index in [2.05, 4.69) is 5.32 Å². The van der Waals surface area contributed by atoms with Gasteiger partial charge >= 0.3 is 11.9 Å². The third kappa shape index (κ3) is 5.92. The lowest BCUT2D eigenvalue weighted by Gasteiger charge is -2.40. The molecule has 0 bridgehead atoms. The monoisotopic (exact) mass is 519 g/mol. The van der Waals surface area contributed by atoms with Crippen LogP contribution in [0.5, 0.6) is 5.75 Å². The second-order valence-electron chi connectivity index (χ2n) is 8.34. The predicted octanol–water partition coefficient (Wildman–Crippen LogP) is -3.87. The molecule has 0 aromatic heterocycles. The maximum absolute atomic E-state index is 11.3. The molecule has 9 N–H and O–H groups in total. The molecule has 36 heavy (non-hydrogen) atoms. The lowest BCUT2D eigenvalue weighted by molar-refractivity contribution is -0.305. The summed E-state index contributed by atoms with van der Waals surface area (Å²) in [5.74, 6) is -3.10. The first kappa shape index (κ1) is 28.1. The summed E-state index contributed by atoms with van der Waals surface area (Å²) in [6.07, 6.45) is -19.0. The fourth-order valence-corrected chi connectivity index (χ4v) is 3.83. The number of benzene rings is 1. The number of nitrogens with one attached hydrogen (secondary N) is 1. The number of ether oxygens (including phenoxy) is 4. The number of likely N-dealkylation sites (N-methyl/N-ethyl adjacent to an activating group) is 1. The van der Waals surface area contributed by atoms with E-state index in [4.69, 9.17) is 18.9 Å². The molecular weight excluding hydrogens is 490 g/mol. The number of carbonyl (C=O) groups is 2. The molecule has 1 aromatic carbocycles. The van der Waals surface area contributed by atoms with E-state index in [0.717, 1.165) is 0 Å². The van der Waals surface area contributed by atoms with Gasteiger partial charge in [0, 0.05) is 6.54 Å². The fraction of sp³-hybridized carbons (Fsp3) is 0.619. The molecule has 11 atom stereocenters. The molecular formula is C21H29NO14. The molecule has 0 aliphatic carbocycles. The Morgan fingerprint density at radius 3 is 1.92 bits per heavy atom. The van der Waals surface area contributed by atoms with Crippen LogP contribution in [-0.2, 0) is 23.8 Å². The summed E-state index contributed by atoms with van der Waals surface area (Å²) >= 11 is 0. The van der Waals surface area contributed by atoms with Gasteiger partial charge in [-0.15, -0.1) is 0 Å². The van der Waals surface area contributed by atoms with Gasteiger partial charge in [-0.05, 0) is 24.7 Å². The molecule has 0 saturated carbocycles. The number of carboxylic acids is 2. The molecule has 2 saturated heterocycles. The Labute approximate surface area is 204 Å². The summed E-state index contributed by atoms with van der Waals surface area (Å²) in [6, 6.07) is 5.90. The van der Waals surface area contributed by atoms with Crippen LogP contribution in [0.2, 0.25) is 0 Å². The van der Waals surface area contributed by atoms with Crippen LogP contribution in [0, 0.1) is 0 Å². The van der Waals surface area contributed by atoms with Crippen LogP contribution in [-0.4, -0.2) is 128 Å². The smallest absolute Gasteiger partial charge is 0.335 e. The highest BCUT2D eigenvalue weighted by Crippen LogP contribution is 2.30. The zero-order valence-electron chi connectivity index (χ0n) is 18.9. The van der Waals surface area contributed by atoms with E-state index in [1.165, 1.54) is 18.2 Å². The molecule has 2 aliphatic heterocycles. The van der Waals surface area contributed by atoms with Gasteiger partial charge in [0.25, 0.3) is 0 Å². The van der Waals surface area contributed by atoms with Crippen molar-refractivity contribution < 1.29 is 69.4 Å². The molecule has 15 heteroatoms. The number of hydrogen-bond donors (Lipinski definition) is 9. The molecule has 2 fully saturated rings. The molecule has 15 nitrogen and oxygen atoms in total. The Kier molecular flexibility index (Phi) is 9.18. The molecule has 0 spiro atoms. The largest absolute Gasteiger partial charge is 0.479 e. The van der Waals surface area contributed by atoms with E-state index in [9.17, 15) is 50.4 Å². The highest BCUT2D eigenvalue weighted by atomic mass is 16.7. The second-order valence-corrected chi connectivity index (χ2v) is 8.34. The fourth-order valence-electron chi connectivity index (χ4n) is 3.83. The topological polar surface area (TPSA) is 245 Å². The highest BCUT2D eigenvalue weighted by Gasteiger charge is 2.49. The summed E-state index contributed by atoms with van der Waals surface area (Å²) in [6.45, 7) is 0.0982. The number of aliphatic hydroxyl groups is 6. The van der Waals surface area contributed by atoms with Crippen LogP contribution in [0.4, 0.5) is 0 Å². The number of hydrogen-bond acceptors (Lipinski definition) is 13. The summed E-state index contributed by atoms with van der Waals surface area (Å²) < 4.78 is 21.5. The SMILES string of the molecule is CNC[C@H](O[C@@H]1O[C@H](C(=O)O)[C@@H](O)[C@H](O)[C@H]1O)c1cccc(O[C@@H]2O[C@H](C(=O)O)[C@@H](O)[C@H](O)[C@H]2O)c1. The molecule has 202 valence electrons. The van der Waals surface area contributed by atoms with Gasteiger partial charge < -0.3 is 65.1 Å². The van der Waals surface area contributed by atoms with E-state index >= 15 is 0 Å². The first-order valence-corrected chi connectivity index (χ1v) is 10.9. The molecule has 1 aromatic rings. The van der Waals surface area contributed by atoms with Crippen LogP contribution < -0.4 is 10.1 Å². The van der Waals surface area contributed by atoms with Crippen molar-refractivity contribution in [1.29, 1.82) is 0 Å². The Morgan fingerprint density at radius 1 is 0.861 bits per heavy atom. The third-order valence-corrected chi connectivity index (χ3v) is 5.80. The molecule has 2 heterocycles. The number of rotatable bonds is 9. The van der Waals surface area contributed by atoms with Crippen molar-refractivity contribution in [2.75, 3.05) is 13.6 Å². The molecule has 0 unspecified atom stereocenters. The lowest BCUT2D eigenvalue weighted by Crippen LogP contribution is -2.61. The summed E-state index contributed by atoms with van der Waals surface area (Å²) in [7, 11) is 1.58. The maximum atomic E-state index is 11.3. The van der Waals surface area contributed by atoms with Crippen LogP contribution in [0.15, 0.2) is 24.3 Å². The van der Waals surface area contributed by atoms with Crippen molar-refractivity contribution >= 4 is 11.9 Å². The van der Waals surface area contributed by atoms with E-state index < -0.39 is 79.5 Å². The third-order valence-electron chi connectivity index (χ3n) is 5.80. The first-order valence-electron chi connectivity index (χ1n) is 10.9. The number of aliphatic hydroxyl groups excluding tert-OH is 6. The summed E-state index contributed by atoms with van der Waals surface area (Å²) in [5, 5.41) is 81.3. The average molecular weight is 519 g/mol. The minimum atomic E-state index is -1.89. The van der Waals surface area contributed by atoms with Gasteiger partial charge in [-0.1, -0.05) is 12.1 Å². The van der Waals surface area contributed by atoms with Crippen molar-refractivity contribution in [2.24, 2.45) is 0 Å². The van der Waals surface area contributed by atoms with E-state index in [1.807, 2.05) is 0 Å². The van der Waals surface area contributed by atoms with Gasteiger partial charge in [-0.25, -0.2) is 9.59 Å². The lowest BCUT2D eigenvalue weighted by atomic mass is 9.98. The normalized spacial score (nSPS) is 37.8. The van der Waals surface area contributed by atoms with Crippen molar-refractivity contribution in [3.63, 3.8) is 0 Å². The predicted molar refractivity (Wildman–Crippen MR) is 113 cm³/mol. The minimum Gasteiger partial charge on any atom is -0.479 e. The average Bonchev–Trinajstić information content (AvgIpc) is 2.83.